The van der Waals surface area contributed by atoms with E-state index < -0.39 is 11.5 Å². The van der Waals surface area contributed by atoms with E-state index in [1.807, 2.05) is 0 Å². The summed E-state index contributed by atoms with van der Waals surface area (Å²) in [7, 11) is 3.33. The fourth-order valence-corrected chi connectivity index (χ4v) is 1.15. The molecule has 0 saturated heterocycles. The lowest BCUT2D eigenvalue weighted by atomic mass is 9.95. The molecule has 0 saturated carbocycles. The molecule has 0 aliphatic carbocycles. The predicted molar refractivity (Wildman–Crippen MR) is 73.4 cm³/mol. The van der Waals surface area contributed by atoms with Crippen LogP contribution in [0.25, 0.3) is 0 Å². The third-order valence-electron chi connectivity index (χ3n) is 2.56. The van der Waals surface area contributed by atoms with Crippen LogP contribution in [-0.4, -0.2) is 49.3 Å². The number of hydrogen-bond acceptors (Lipinski definition) is 3. The van der Waals surface area contributed by atoms with E-state index in [2.05, 4.69) is 10.6 Å². The molecule has 0 aliphatic heterocycles. The summed E-state index contributed by atoms with van der Waals surface area (Å²) in [5.74, 6) is -0.518. The Balaban J connectivity index is 4.09. The second-order valence-corrected chi connectivity index (χ2v) is 5.77. The fourth-order valence-electron chi connectivity index (χ4n) is 1.15. The highest BCUT2D eigenvalue weighted by Crippen LogP contribution is 2.12. The Morgan fingerprint density at radius 1 is 1.16 bits per heavy atom. The van der Waals surface area contributed by atoms with Gasteiger partial charge in [0.15, 0.2) is 0 Å². The van der Waals surface area contributed by atoms with Gasteiger partial charge in [-0.2, -0.15) is 0 Å². The van der Waals surface area contributed by atoms with Crippen molar-refractivity contribution in [2.24, 2.45) is 5.41 Å². The third kappa shape index (κ3) is 6.79. The van der Waals surface area contributed by atoms with Crippen molar-refractivity contribution in [3.8, 4) is 0 Å². The smallest absolute Gasteiger partial charge is 0.242 e. The van der Waals surface area contributed by atoms with Crippen molar-refractivity contribution in [2.45, 2.75) is 40.2 Å². The quantitative estimate of drug-likeness (QED) is 0.746. The van der Waals surface area contributed by atoms with E-state index in [9.17, 15) is 14.4 Å². The molecule has 0 aromatic rings. The van der Waals surface area contributed by atoms with Crippen LogP contribution in [0.2, 0.25) is 0 Å². The first-order valence-electron chi connectivity index (χ1n) is 6.34. The molecule has 0 spiro atoms. The van der Waals surface area contributed by atoms with Crippen molar-refractivity contribution in [1.82, 2.24) is 15.5 Å². The highest BCUT2D eigenvalue weighted by atomic mass is 16.2. The summed E-state index contributed by atoms with van der Waals surface area (Å²) in [6.07, 6.45) is 0.249. The maximum atomic E-state index is 11.7. The SMILES string of the molecule is CC(NC(=O)C(C)(C)C)C(=O)NCCC(=O)N(C)C. The van der Waals surface area contributed by atoms with E-state index in [0.717, 1.165) is 0 Å². The van der Waals surface area contributed by atoms with E-state index in [0.29, 0.717) is 0 Å². The van der Waals surface area contributed by atoms with Crippen LogP contribution in [0.4, 0.5) is 0 Å². The normalized spacial score (nSPS) is 12.5. The Morgan fingerprint density at radius 2 is 1.68 bits per heavy atom. The molecule has 0 aromatic heterocycles. The molecule has 110 valence electrons. The van der Waals surface area contributed by atoms with Gasteiger partial charge in [-0.1, -0.05) is 20.8 Å². The molecule has 1 unspecified atom stereocenters. The van der Waals surface area contributed by atoms with Gasteiger partial charge in [0.1, 0.15) is 6.04 Å². The van der Waals surface area contributed by atoms with Gasteiger partial charge in [0.2, 0.25) is 17.7 Å². The van der Waals surface area contributed by atoms with Crippen molar-refractivity contribution in [3.05, 3.63) is 0 Å². The molecule has 1 atom stereocenters. The van der Waals surface area contributed by atoms with Gasteiger partial charge < -0.3 is 15.5 Å². The van der Waals surface area contributed by atoms with E-state index in [1.54, 1.807) is 41.8 Å². The summed E-state index contributed by atoms with van der Waals surface area (Å²) in [5, 5.41) is 5.26. The highest BCUT2D eigenvalue weighted by molar-refractivity contribution is 5.89. The van der Waals surface area contributed by atoms with Crippen LogP contribution < -0.4 is 10.6 Å². The largest absolute Gasteiger partial charge is 0.354 e. The minimum atomic E-state index is -0.610. The van der Waals surface area contributed by atoms with E-state index in [4.69, 9.17) is 0 Å². The molecule has 0 radical (unpaired) electrons. The van der Waals surface area contributed by atoms with Crippen molar-refractivity contribution in [1.29, 1.82) is 0 Å². The van der Waals surface area contributed by atoms with E-state index >= 15 is 0 Å². The minimum Gasteiger partial charge on any atom is -0.354 e. The topological polar surface area (TPSA) is 78.5 Å². The molecule has 0 aromatic carbocycles. The summed E-state index contributed by atoms with van der Waals surface area (Å²) in [6, 6.07) is -0.610. The highest BCUT2D eigenvalue weighted by Gasteiger charge is 2.24. The van der Waals surface area contributed by atoms with Crippen LogP contribution in [0, 0.1) is 5.41 Å². The van der Waals surface area contributed by atoms with Crippen molar-refractivity contribution in [3.63, 3.8) is 0 Å². The average Bonchev–Trinajstić information content (AvgIpc) is 2.26. The summed E-state index contributed by atoms with van der Waals surface area (Å²) in [4.78, 5) is 36.2. The monoisotopic (exact) mass is 271 g/mol. The van der Waals surface area contributed by atoms with Gasteiger partial charge in [0, 0.05) is 32.5 Å². The zero-order chi connectivity index (χ0) is 15.2. The minimum absolute atomic E-state index is 0.0494. The maximum Gasteiger partial charge on any atom is 0.242 e. The van der Waals surface area contributed by atoms with Gasteiger partial charge in [-0.25, -0.2) is 0 Å². The summed E-state index contributed by atoms with van der Waals surface area (Å²) in [5.41, 5.74) is -0.532. The Morgan fingerprint density at radius 3 is 2.11 bits per heavy atom. The average molecular weight is 271 g/mol. The first-order chi connectivity index (χ1) is 8.55. The number of nitrogens with zero attached hydrogens (tertiary/aromatic N) is 1. The van der Waals surface area contributed by atoms with Gasteiger partial charge >= 0.3 is 0 Å². The molecule has 0 aliphatic rings. The standard InChI is InChI=1S/C13H25N3O3/c1-9(15-12(19)13(2,3)4)11(18)14-8-7-10(17)16(5)6/h9H,7-8H2,1-6H3,(H,14,18)(H,15,19). The molecule has 3 amide bonds. The van der Waals surface area contributed by atoms with Crippen LogP contribution in [0.1, 0.15) is 34.1 Å². The van der Waals surface area contributed by atoms with E-state index in [1.165, 1.54) is 4.90 Å². The molecule has 6 heteroatoms. The van der Waals surface area contributed by atoms with Gasteiger partial charge in [-0.15, -0.1) is 0 Å². The van der Waals surface area contributed by atoms with Crippen LogP contribution in [-0.2, 0) is 14.4 Å². The van der Waals surface area contributed by atoms with Crippen LogP contribution in [0.15, 0.2) is 0 Å². The summed E-state index contributed by atoms with van der Waals surface area (Å²) in [6.45, 7) is 7.23. The third-order valence-corrected chi connectivity index (χ3v) is 2.56. The van der Waals surface area contributed by atoms with Crippen molar-refractivity contribution < 1.29 is 14.4 Å². The molecule has 19 heavy (non-hydrogen) atoms. The Hall–Kier alpha value is -1.59. The van der Waals surface area contributed by atoms with E-state index in [-0.39, 0.29) is 30.7 Å². The number of carbonyl (C=O) groups is 3. The number of hydrogen-bond donors (Lipinski definition) is 2. The van der Waals surface area contributed by atoms with Gasteiger partial charge in [0.05, 0.1) is 0 Å². The molecule has 0 bridgehead atoms. The van der Waals surface area contributed by atoms with Crippen LogP contribution in [0.5, 0.6) is 0 Å². The first kappa shape index (κ1) is 17.4. The Labute approximate surface area is 114 Å². The molecule has 2 N–H and O–H groups in total. The Kier molecular flexibility index (Phi) is 6.52. The van der Waals surface area contributed by atoms with Gasteiger partial charge in [-0.3, -0.25) is 14.4 Å². The first-order valence-corrected chi connectivity index (χ1v) is 6.34. The van der Waals surface area contributed by atoms with Crippen molar-refractivity contribution >= 4 is 17.7 Å². The summed E-state index contributed by atoms with van der Waals surface area (Å²) >= 11 is 0. The number of rotatable bonds is 5. The second kappa shape index (κ2) is 7.11. The molecular formula is C13H25N3O3. The van der Waals surface area contributed by atoms with Gasteiger partial charge in [-0.05, 0) is 6.92 Å². The second-order valence-electron chi connectivity index (χ2n) is 5.77. The molecule has 0 fully saturated rings. The molecule has 0 rings (SSSR count). The zero-order valence-electron chi connectivity index (χ0n) is 12.7. The Bertz CT molecular complexity index is 346. The number of nitrogens with one attached hydrogen (secondary N) is 2. The number of amides is 3. The lowest BCUT2D eigenvalue weighted by molar-refractivity contribution is -0.133. The van der Waals surface area contributed by atoms with Crippen molar-refractivity contribution in [2.75, 3.05) is 20.6 Å². The van der Waals surface area contributed by atoms with Crippen LogP contribution in [0.3, 0.4) is 0 Å². The van der Waals surface area contributed by atoms with Crippen LogP contribution >= 0.6 is 0 Å². The van der Waals surface area contributed by atoms with Gasteiger partial charge in [0.25, 0.3) is 0 Å². The number of carbonyl (C=O) groups excluding carboxylic acids is 3. The molecule has 0 heterocycles. The molecular weight excluding hydrogens is 246 g/mol. The fraction of sp³-hybridized carbons (Fsp3) is 0.769. The lowest BCUT2D eigenvalue weighted by Crippen LogP contribution is -2.48. The summed E-state index contributed by atoms with van der Waals surface area (Å²) < 4.78 is 0. The lowest BCUT2D eigenvalue weighted by Gasteiger charge is -2.21. The molecule has 6 nitrogen and oxygen atoms in total. The maximum absolute atomic E-state index is 11.7. The predicted octanol–water partition coefficient (Wildman–Crippen LogP) is 0.132. The zero-order valence-corrected chi connectivity index (χ0v) is 12.7.